The maximum atomic E-state index is 5.90. The smallest absolute Gasteiger partial charge is 0.229 e. The molecule has 0 aromatic carbocycles. The van der Waals surface area contributed by atoms with Gasteiger partial charge in [-0.05, 0) is 18.0 Å². The third kappa shape index (κ3) is 2.56. The van der Waals surface area contributed by atoms with Crippen molar-refractivity contribution in [3.63, 3.8) is 0 Å². The van der Waals surface area contributed by atoms with Crippen LogP contribution in [0.5, 0.6) is 0 Å². The normalized spacial score (nSPS) is 10.7. The summed E-state index contributed by atoms with van der Waals surface area (Å²) in [5.41, 5.74) is 0.740. The van der Waals surface area contributed by atoms with E-state index in [0.717, 1.165) is 18.7 Å². The lowest BCUT2D eigenvalue weighted by molar-refractivity contribution is 0.582. The number of anilines is 1. The minimum atomic E-state index is 0.160. The Morgan fingerprint density at radius 3 is 2.72 bits per heavy atom. The first-order valence-electron chi connectivity index (χ1n) is 5.59. The number of nitrogens with zero attached hydrogens (tertiary/aromatic N) is 7. The standard InChI is InChI=1S/C10H14ClN7/c1-4-5-18-7(6-12-16-18)8-13-9(11)15-10(14-8)17(2)3/h6H,4-5H2,1-3H3. The van der Waals surface area contributed by atoms with E-state index in [0.29, 0.717) is 11.8 Å². The van der Waals surface area contributed by atoms with E-state index in [4.69, 9.17) is 11.6 Å². The number of aryl methyl sites for hydroxylation is 1. The van der Waals surface area contributed by atoms with Gasteiger partial charge in [0.2, 0.25) is 11.2 Å². The molecule has 8 heteroatoms. The van der Waals surface area contributed by atoms with Crippen LogP contribution in [-0.4, -0.2) is 44.0 Å². The number of rotatable bonds is 4. The number of aromatic nitrogens is 6. The van der Waals surface area contributed by atoms with Gasteiger partial charge in [0.1, 0.15) is 5.69 Å². The molecule has 96 valence electrons. The van der Waals surface area contributed by atoms with Gasteiger partial charge in [0.05, 0.1) is 6.20 Å². The van der Waals surface area contributed by atoms with Crippen LogP contribution in [0.2, 0.25) is 5.28 Å². The quantitative estimate of drug-likeness (QED) is 0.830. The number of hydrogen-bond donors (Lipinski definition) is 0. The largest absolute Gasteiger partial charge is 0.347 e. The Bertz CT molecular complexity index is 537. The first-order chi connectivity index (χ1) is 8.61. The van der Waals surface area contributed by atoms with E-state index in [-0.39, 0.29) is 5.28 Å². The lowest BCUT2D eigenvalue weighted by Gasteiger charge is -2.11. The van der Waals surface area contributed by atoms with Crippen LogP contribution in [0.1, 0.15) is 13.3 Å². The fourth-order valence-electron chi connectivity index (χ4n) is 1.46. The molecule has 2 heterocycles. The van der Waals surface area contributed by atoms with E-state index in [1.54, 1.807) is 15.8 Å². The molecule has 2 rings (SSSR count). The van der Waals surface area contributed by atoms with Crippen molar-refractivity contribution in [1.82, 2.24) is 29.9 Å². The van der Waals surface area contributed by atoms with Crippen molar-refractivity contribution >= 4 is 17.5 Å². The van der Waals surface area contributed by atoms with E-state index < -0.39 is 0 Å². The van der Waals surface area contributed by atoms with Crippen molar-refractivity contribution in [1.29, 1.82) is 0 Å². The van der Waals surface area contributed by atoms with Crippen LogP contribution in [-0.2, 0) is 6.54 Å². The molecule has 0 aliphatic carbocycles. The third-order valence-electron chi connectivity index (χ3n) is 2.28. The summed E-state index contributed by atoms with van der Waals surface area (Å²) in [5.74, 6) is 0.992. The predicted molar refractivity (Wildman–Crippen MR) is 68.5 cm³/mol. The molecule has 0 radical (unpaired) electrons. The fourth-order valence-corrected chi connectivity index (χ4v) is 1.62. The van der Waals surface area contributed by atoms with Gasteiger partial charge in [-0.25, -0.2) is 4.68 Å². The lowest BCUT2D eigenvalue weighted by Crippen LogP contribution is -2.14. The van der Waals surface area contributed by atoms with Gasteiger partial charge in [-0.3, -0.25) is 0 Å². The van der Waals surface area contributed by atoms with Gasteiger partial charge in [0.15, 0.2) is 5.82 Å². The van der Waals surface area contributed by atoms with Gasteiger partial charge in [-0.2, -0.15) is 15.0 Å². The zero-order valence-electron chi connectivity index (χ0n) is 10.5. The summed E-state index contributed by atoms with van der Waals surface area (Å²) in [7, 11) is 3.69. The lowest BCUT2D eigenvalue weighted by atomic mass is 10.4. The molecule has 0 saturated heterocycles. The third-order valence-corrected chi connectivity index (χ3v) is 2.45. The molecule has 2 aromatic heterocycles. The molecule has 0 aliphatic heterocycles. The first kappa shape index (κ1) is 12.7. The van der Waals surface area contributed by atoms with E-state index in [1.165, 1.54) is 0 Å². The van der Waals surface area contributed by atoms with E-state index in [9.17, 15) is 0 Å². The Balaban J connectivity index is 2.46. The molecule has 0 amide bonds. The topological polar surface area (TPSA) is 72.6 Å². The van der Waals surface area contributed by atoms with Crippen LogP contribution >= 0.6 is 11.6 Å². The second kappa shape index (κ2) is 5.26. The van der Waals surface area contributed by atoms with Crippen LogP contribution in [0.15, 0.2) is 6.20 Å². The van der Waals surface area contributed by atoms with Gasteiger partial charge in [0, 0.05) is 20.6 Å². The van der Waals surface area contributed by atoms with Crippen molar-refractivity contribution < 1.29 is 0 Å². The molecule has 7 nitrogen and oxygen atoms in total. The minimum Gasteiger partial charge on any atom is -0.347 e. The van der Waals surface area contributed by atoms with Crippen LogP contribution in [0.25, 0.3) is 11.5 Å². The van der Waals surface area contributed by atoms with Gasteiger partial charge in [-0.1, -0.05) is 12.1 Å². The van der Waals surface area contributed by atoms with Crippen molar-refractivity contribution in [3.8, 4) is 11.5 Å². The summed E-state index contributed by atoms with van der Waals surface area (Å²) in [4.78, 5) is 14.3. The van der Waals surface area contributed by atoms with E-state index in [2.05, 4.69) is 32.2 Å². The first-order valence-corrected chi connectivity index (χ1v) is 5.97. The van der Waals surface area contributed by atoms with E-state index in [1.807, 2.05) is 14.1 Å². The second-order valence-electron chi connectivity index (χ2n) is 3.96. The van der Waals surface area contributed by atoms with Crippen molar-refractivity contribution in [2.75, 3.05) is 19.0 Å². The molecule has 0 saturated carbocycles. The molecule has 0 aliphatic rings. The predicted octanol–water partition coefficient (Wildman–Crippen LogP) is 1.26. The molecule has 0 fully saturated rings. The van der Waals surface area contributed by atoms with Crippen LogP contribution in [0.3, 0.4) is 0 Å². The van der Waals surface area contributed by atoms with Crippen LogP contribution in [0.4, 0.5) is 5.95 Å². The van der Waals surface area contributed by atoms with Gasteiger partial charge in [0.25, 0.3) is 0 Å². The summed E-state index contributed by atoms with van der Waals surface area (Å²) in [5, 5.41) is 8.03. The molecule has 0 bridgehead atoms. The average Bonchev–Trinajstić information content (AvgIpc) is 2.77. The number of hydrogen-bond acceptors (Lipinski definition) is 6. The molecule has 0 atom stereocenters. The zero-order valence-corrected chi connectivity index (χ0v) is 11.3. The Hall–Kier alpha value is -1.76. The van der Waals surface area contributed by atoms with Gasteiger partial charge in [-0.15, -0.1) is 5.10 Å². The average molecular weight is 268 g/mol. The van der Waals surface area contributed by atoms with Crippen LogP contribution < -0.4 is 4.90 Å². The highest BCUT2D eigenvalue weighted by atomic mass is 35.5. The molecule has 0 unspecified atom stereocenters. The van der Waals surface area contributed by atoms with E-state index >= 15 is 0 Å². The monoisotopic (exact) mass is 267 g/mol. The highest BCUT2D eigenvalue weighted by molar-refractivity contribution is 6.28. The second-order valence-corrected chi connectivity index (χ2v) is 4.30. The van der Waals surface area contributed by atoms with Crippen LogP contribution in [0, 0.1) is 0 Å². The maximum absolute atomic E-state index is 5.90. The zero-order chi connectivity index (χ0) is 13.1. The number of halogens is 1. The highest BCUT2D eigenvalue weighted by Crippen LogP contribution is 2.18. The summed E-state index contributed by atoms with van der Waals surface area (Å²) < 4.78 is 1.76. The molecule has 0 N–H and O–H groups in total. The maximum Gasteiger partial charge on any atom is 0.229 e. The fraction of sp³-hybridized carbons (Fsp3) is 0.500. The Labute approximate surface area is 110 Å². The molecule has 2 aromatic rings. The van der Waals surface area contributed by atoms with Gasteiger partial charge >= 0.3 is 0 Å². The Kier molecular flexibility index (Phi) is 3.71. The SMILES string of the molecule is CCCn1nncc1-c1nc(Cl)nc(N(C)C)n1. The van der Waals surface area contributed by atoms with Crippen molar-refractivity contribution in [3.05, 3.63) is 11.5 Å². The minimum absolute atomic E-state index is 0.160. The molecule has 18 heavy (non-hydrogen) atoms. The molecular formula is C10H14ClN7. The van der Waals surface area contributed by atoms with Crippen molar-refractivity contribution in [2.45, 2.75) is 19.9 Å². The Morgan fingerprint density at radius 1 is 1.28 bits per heavy atom. The summed E-state index contributed by atoms with van der Waals surface area (Å²) in [6.45, 7) is 2.83. The Morgan fingerprint density at radius 2 is 2.06 bits per heavy atom. The summed E-state index contributed by atoms with van der Waals surface area (Å²) in [6, 6.07) is 0. The summed E-state index contributed by atoms with van der Waals surface area (Å²) in [6.07, 6.45) is 2.58. The highest BCUT2D eigenvalue weighted by Gasteiger charge is 2.13. The summed E-state index contributed by atoms with van der Waals surface area (Å²) >= 11 is 5.90. The van der Waals surface area contributed by atoms with Crippen molar-refractivity contribution in [2.24, 2.45) is 0 Å². The van der Waals surface area contributed by atoms with Gasteiger partial charge < -0.3 is 4.90 Å². The molecule has 0 spiro atoms. The molecular weight excluding hydrogens is 254 g/mol.